The molecule has 2 aromatic carbocycles. The van der Waals surface area contributed by atoms with E-state index >= 15 is 0 Å². The molecule has 0 spiro atoms. The second kappa shape index (κ2) is 8.94. The molecule has 1 atom stereocenters. The van der Waals surface area contributed by atoms with Gasteiger partial charge >= 0.3 is 5.97 Å². The minimum absolute atomic E-state index is 0.0136. The Bertz CT molecular complexity index is 1200. The minimum atomic E-state index is -4.10. The van der Waals surface area contributed by atoms with E-state index in [4.69, 9.17) is 0 Å². The van der Waals surface area contributed by atoms with Crippen molar-refractivity contribution >= 4 is 33.3 Å². The highest BCUT2D eigenvalue weighted by Gasteiger charge is 2.41. The van der Waals surface area contributed by atoms with Crippen molar-refractivity contribution in [2.75, 3.05) is 12.0 Å². The van der Waals surface area contributed by atoms with Gasteiger partial charge in [0.15, 0.2) is 0 Å². The van der Waals surface area contributed by atoms with Crippen LogP contribution in [0.25, 0.3) is 0 Å². The molecule has 8 nitrogen and oxygen atoms in total. The zero-order chi connectivity index (χ0) is 22.8. The SMILES string of the molecule is CSCC1=C(C(=O)O)C(c2cccc([N+](=O)[O-])c2)C(S(=O)(=O)c2ccccc2)=C(C)N1. The van der Waals surface area contributed by atoms with E-state index in [2.05, 4.69) is 5.32 Å². The second-order valence-electron chi connectivity index (χ2n) is 6.85. The fourth-order valence-electron chi connectivity index (χ4n) is 3.61. The van der Waals surface area contributed by atoms with Gasteiger partial charge in [-0.2, -0.15) is 11.8 Å². The number of sulfone groups is 1. The van der Waals surface area contributed by atoms with E-state index in [1.165, 1.54) is 48.2 Å². The van der Waals surface area contributed by atoms with Gasteiger partial charge in [-0.1, -0.05) is 30.3 Å². The summed E-state index contributed by atoms with van der Waals surface area (Å²) in [5.41, 5.74) is 0.479. The van der Waals surface area contributed by atoms with E-state index in [9.17, 15) is 28.4 Å². The first-order valence-electron chi connectivity index (χ1n) is 9.16. The van der Waals surface area contributed by atoms with Crippen molar-refractivity contribution in [2.24, 2.45) is 0 Å². The Balaban J connectivity index is 2.33. The number of benzene rings is 2. The molecule has 0 saturated heterocycles. The lowest BCUT2D eigenvalue weighted by molar-refractivity contribution is -0.384. The highest BCUT2D eigenvalue weighted by Crippen LogP contribution is 2.43. The van der Waals surface area contributed by atoms with Crippen molar-refractivity contribution in [1.29, 1.82) is 0 Å². The number of dihydropyridines is 1. The van der Waals surface area contributed by atoms with Gasteiger partial charge in [-0.3, -0.25) is 10.1 Å². The van der Waals surface area contributed by atoms with Crippen LogP contribution < -0.4 is 5.32 Å². The first-order chi connectivity index (χ1) is 14.7. The normalized spacial score (nSPS) is 16.8. The van der Waals surface area contributed by atoms with Gasteiger partial charge in [0.25, 0.3) is 5.69 Å². The zero-order valence-electron chi connectivity index (χ0n) is 16.7. The average molecular weight is 461 g/mol. The molecule has 31 heavy (non-hydrogen) atoms. The molecule has 1 aliphatic heterocycles. The molecular weight excluding hydrogens is 440 g/mol. The van der Waals surface area contributed by atoms with Crippen LogP contribution in [-0.4, -0.2) is 36.4 Å². The van der Waals surface area contributed by atoms with Gasteiger partial charge < -0.3 is 10.4 Å². The van der Waals surface area contributed by atoms with Gasteiger partial charge in [0.1, 0.15) is 0 Å². The van der Waals surface area contributed by atoms with Crippen molar-refractivity contribution < 1.29 is 23.2 Å². The second-order valence-corrected chi connectivity index (χ2v) is 9.63. The number of non-ortho nitro benzene ring substituents is 1. The van der Waals surface area contributed by atoms with Crippen LogP contribution in [0.2, 0.25) is 0 Å². The van der Waals surface area contributed by atoms with E-state index in [1.807, 2.05) is 0 Å². The van der Waals surface area contributed by atoms with Crippen molar-refractivity contribution in [3.8, 4) is 0 Å². The van der Waals surface area contributed by atoms with Crippen molar-refractivity contribution in [3.05, 3.63) is 92.1 Å². The van der Waals surface area contributed by atoms with Gasteiger partial charge in [-0.25, -0.2) is 13.2 Å². The predicted octanol–water partition coefficient (Wildman–Crippen LogP) is 3.69. The number of nitro benzene ring substituents is 1. The number of thioether (sulfide) groups is 1. The fraction of sp³-hybridized carbons (Fsp3) is 0.190. The average Bonchev–Trinajstić information content (AvgIpc) is 2.73. The molecule has 10 heteroatoms. The minimum Gasteiger partial charge on any atom is -0.478 e. The molecule has 2 aromatic rings. The fourth-order valence-corrected chi connectivity index (χ4v) is 5.91. The topological polar surface area (TPSA) is 127 Å². The van der Waals surface area contributed by atoms with Crippen molar-refractivity contribution in [2.45, 2.75) is 17.7 Å². The molecule has 162 valence electrons. The molecule has 0 aromatic heterocycles. The first-order valence-corrected chi connectivity index (χ1v) is 12.0. The Labute approximate surface area is 183 Å². The van der Waals surface area contributed by atoms with Gasteiger partial charge in [0.05, 0.1) is 26.2 Å². The van der Waals surface area contributed by atoms with Gasteiger partial charge in [0, 0.05) is 29.3 Å². The number of allylic oxidation sites excluding steroid dienone is 2. The van der Waals surface area contributed by atoms with Gasteiger partial charge in [-0.15, -0.1) is 0 Å². The van der Waals surface area contributed by atoms with Crippen LogP contribution in [0.1, 0.15) is 18.4 Å². The Morgan fingerprint density at radius 2 is 1.87 bits per heavy atom. The lowest BCUT2D eigenvalue weighted by atomic mass is 9.86. The molecule has 1 heterocycles. The Kier molecular flexibility index (Phi) is 6.51. The number of hydrogen-bond donors (Lipinski definition) is 2. The molecule has 1 unspecified atom stereocenters. The molecule has 0 bridgehead atoms. The highest BCUT2D eigenvalue weighted by molar-refractivity contribution is 7.98. The lowest BCUT2D eigenvalue weighted by Gasteiger charge is -2.31. The third-order valence-electron chi connectivity index (χ3n) is 4.86. The first kappa shape index (κ1) is 22.6. The third-order valence-corrected chi connectivity index (χ3v) is 7.45. The summed E-state index contributed by atoms with van der Waals surface area (Å²) in [6, 6.07) is 13.1. The van der Waals surface area contributed by atoms with Gasteiger partial charge in [0.2, 0.25) is 9.84 Å². The number of nitrogens with zero attached hydrogens (tertiary/aromatic N) is 1. The predicted molar refractivity (Wildman–Crippen MR) is 118 cm³/mol. The summed E-state index contributed by atoms with van der Waals surface area (Å²) in [6.45, 7) is 1.57. The van der Waals surface area contributed by atoms with Crippen LogP contribution in [0, 0.1) is 10.1 Å². The number of hydrogen-bond acceptors (Lipinski definition) is 7. The molecule has 0 radical (unpaired) electrons. The number of nitrogens with one attached hydrogen (secondary N) is 1. The van der Waals surface area contributed by atoms with Crippen LogP contribution in [0.4, 0.5) is 5.69 Å². The molecule has 3 rings (SSSR count). The summed E-state index contributed by atoms with van der Waals surface area (Å²) in [7, 11) is -4.10. The summed E-state index contributed by atoms with van der Waals surface area (Å²) in [5.74, 6) is -2.18. The van der Waals surface area contributed by atoms with E-state index in [-0.39, 0.29) is 32.3 Å². The Hall–Kier alpha value is -3.11. The van der Waals surface area contributed by atoms with Crippen LogP contribution in [0.5, 0.6) is 0 Å². The van der Waals surface area contributed by atoms with E-state index < -0.39 is 26.6 Å². The third kappa shape index (κ3) is 4.35. The summed E-state index contributed by atoms with van der Waals surface area (Å²) in [5, 5.41) is 24.3. The maximum atomic E-state index is 13.6. The number of aliphatic carboxylic acids is 1. The van der Waals surface area contributed by atoms with Crippen LogP contribution in [-0.2, 0) is 14.6 Å². The smallest absolute Gasteiger partial charge is 0.334 e. The van der Waals surface area contributed by atoms with E-state index in [0.717, 1.165) is 0 Å². The van der Waals surface area contributed by atoms with Crippen molar-refractivity contribution in [3.63, 3.8) is 0 Å². The lowest BCUT2D eigenvalue weighted by Crippen LogP contribution is -2.33. The largest absolute Gasteiger partial charge is 0.478 e. The maximum Gasteiger partial charge on any atom is 0.334 e. The van der Waals surface area contributed by atoms with Crippen LogP contribution >= 0.6 is 11.8 Å². The number of nitro groups is 1. The van der Waals surface area contributed by atoms with Crippen LogP contribution in [0.15, 0.2) is 81.4 Å². The standard InChI is InChI=1S/C21H20N2O6S2/c1-13-20(31(28,29)16-9-4-3-5-10-16)18(14-7-6-8-15(11-14)23(26)27)19(21(24)25)17(22-13)12-30-2/h3-11,18,22H,12H2,1-2H3,(H,24,25). The van der Waals surface area contributed by atoms with Gasteiger partial charge in [-0.05, 0) is 30.9 Å². The molecule has 2 N–H and O–H groups in total. The Morgan fingerprint density at radius 3 is 2.45 bits per heavy atom. The summed E-state index contributed by atoms with van der Waals surface area (Å²) < 4.78 is 27.2. The molecule has 0 fully saturated rings. The number of rotatable bonds is 7. The number of carbonyl (C=O) groups is 1. The van der Waals surface area contributed by atoms with Crippen LogP contribution in [0.3, 0.4) is 0 Å². The molecule has 0 aliphatic carbocycles. The highest BCUT2D eigenvalue weighted by atomic mass is 32.2. The molecular formula is C21H20N2O6S2. The Morgan fingerprint density at radius 1 is 1.19 bits per heavy atom. The molecule has 1 aliphatic rings. The van der Waals surface area contributed by atoms with Crippen molar-refractivity contribution in [1.82, 2.24) is 5.32 Å². The quantitative estimate of drug-likeness (QED) is 0.473. The molecule has 0 saturated carbocycles. The number of carboxylic acids is 1. The maximum absolute atomic E-state index is 13.6. The zero-order valence-corrected chi connectivity index (χ0v) is 18.4. The van der Waals surface area contributed by atoms with E-state index in [0.29, 0.717) is 11.4 Å². The molecule has 0 amide bonds. The van der Waals surface area contributed by atoms with E-state index in [1.54, 1.807) is 31.4 Å². The summed E-state index contributed by atoms with van der Waals surface area (Å²) >= 11 is 1.38. The summed E-state index contributed by atoms with van der Waals surface area (Å²) in [4.78, 5) is 22.9. The monoisotopic (exact) mass is 460 g/mol. The number of carboxylic acid groups (broad SMARTS) is 1. The summed E-state index contributed by atoms with van der Waals surface area (Å²) in [6.07, 6.45) is 1.80.